The lowest BCUT2D eigenvalue weighted by Gasteiger charge is -2.15. The van der Waals surface area contributed by atoms with Gasteiger partial charge in [0.2, 0.25) is 0 Å². The highest BCUT2D eigenvalue weighted by Gasteiger charge is 2.11. The Hall–Kier alpha value is -1.77. The van der Waals surface area contributed by atoms with E-state index in [4.69, 9.17) is 5.73 Å². The van der Waals surface area contributed by atoms with Crippen molar-refractivity contribution in [2.75, 3.05) is 7.05 Å². The average Bonchev–Trinajstić information content (AvgIpc) is 2.29. The molecular weight excluding hydrogens is 198 g/mol. The van der Waals surface area contributed by atoms with Crippen LogP contribution in [0.4, 0.5) is 0 Å². The Morgan fingerprint density at radius 2 is 2.38 bits per heavy atom. The molecule has 0 unspecified atom stereocenters. The van der Waals surface area contributed by atoms with E-state index in [1.165, 1.54) is 0 Å². The molecule has 0 aliphatic heterocycles. The number of allylic oxidation sites excluding steroid dienone is 5. The van der Waals surface area contributed by atoms with E-state index >= 15 is 0 Å². The molecule has 1 aliphatic rings. The summed E-state index contributed by atoms with van der Waals surface area (Å²) in [5.74, 6) is 0.691. The SMILES string of the molecule is C=C(/C=C/C)/N=C1/C=CCC/C1=C(/N)NC. The second kappa shape index (κ2) is 5.95. The van der Waals surface area contributed by atoms with Crippen LogP contribution in [-0.2, 0) is 0 Å². The molecule has 0 saturated carbocycles. The molecule has 3 heteroatoms. The van der Waals surface area contributed by atoms with Crippen LogP contribution in [-0.4, -0.2) is 12.8 Å². The second-order valence-corrected chi connectivity index (χ2v) is 3.57. The van der Waals surface area contributed by atoms with Crippen LogP contribution in [0, 0.1) is 0 Å². The Bertz CT molecular complexity index is 384. The largest absolute Gasteiger partial charge is 0.385 e. The molecule has 1 aliphatic carbocycles. The molecule has 0 bridgehead atoms. The van der Waals surface area contributed by atoms with Gasteiger partial charge in [-0.1, -0.05) is 18.7 Å². The van der Waals surface area contributed by atoms with Gasteiger partial charge in [0.15, 0.2) is 0 Å². The maximum absolute atomic E-state index is 5.89. The summed E-state index contributed by atoms with van der Waals surface area (Å²) in [5, 5.41) is 2.96. The molecule has 0 saturated heterocycles. The Balaban J connectivity index is 3.04. The van der Waals surface area contributed by atoms with Gasteiger partial charge in [-0.05, 0) is 31.9 Å². The van der Waals surface area contributed by atoms with Crippen molar-refractivity contribution in [1.29, 1.82) is 0 Å². The van der Waals surface area contributed by atoms with E-state index in [2.05, 4.69) is 23.0 Å². The number of nitrogens with two attached hydrogens (primary N) is 1. The highest BCUT2D eigenvalue weighted by atomic mass is 15.0. The van der Waals surface area contributed by atoms with Crippen LogP contribution in [0.15, 0.2) is 53.0 Å². The van der Waals surface area contributed by atoms with Crippen LogP contribution in [0.1, 0.15) is 19.8 Å². The molecule has 0 heterocycles. The summed E-state index contributed by atoms with van der Waals surface area (Å²) in [6.45, 7) is 5.81. The smallest absolute Gasteiger partial charge is 0.101 e. The standard InChI is InChI=1S/C13H19N3/c1-4-7-10(2)16-12-9-6-5-8-11(12)13(14)15-3/h4,6-7,9,15H,2,5,8,14H2,1,3H3/b7-4+,13-11+,16-12-. The third-order valence-corrected chi connectivity index (χ3v) is 2.36. The van der Waals surface area contributed by atoms with Gasteiger partial charge in [0.25, 0.3) is 0 Å². The van der Waals surface area contributed by atoms with Crippen LogP contribution < -0.4 is 11.1 Å². The fourth-order valence-electron chi connectivity index (χ4n) is 1.56. The van der Waals surface area contributed by atoms with Gasteiger partial charge in [0.1, 0.15) is 5.82 Å². The molecule has 3 nitrogen and oxygen atoms in total. The van der Waals surface area contributed by atoms with Crippen molar-refractivity contribution < 1.29 is 0 Å². The summed E-state index contributed by atoms with van der Waals surface area (Å²) < 4.78 is 0. The summed E-state index contributed by atoms with van der Waals surface area (Å²) in [5.41, 5.74) is 8.60. The number of hydrogen-bond acceptors (Lipinski definition) is 3. The quantitative estimate of drug-likeness (QED) is 0.712. The highest BCUT2D eigenvalue weighted by molar-refractivity contribution is 6.10. The molecule has 86 valence electrons. The van der Waals surface area contributed by atoms with Gasteiger partial charge >= 0.3 is 0 Å². The van der Waals surface area contributed by atoms with Gasteiger partial charge in [-0.25, -0.2) is 4.99 Å². The Labute approximate surface area is 97.1 Å². The first kappa shape index (κ1) is 12.3. The minimum atomic E-state index is 0.691. The number of aliphatic imine (C=N–C) groups is 1. The second-order valence-electron chi connectivity index (χ2n) is 3.57. The van der Waals surface area contributed by atoms with Crippen molar-refractivity contribution in [3.05, 3.63) is 48.0 Å². The zero-order chi connectivity index (χ0) is 12.0. The Morgan fingerprint density at radius 3 is 3.00 bits per heavy atom. The van der Waals surface area contributed by atoms with Gasteiger partial charge in [-0.3, -0.25) is 0 Å². The molecule has 0 aromatic rings. The lowest BCUT2D eigenvalue weighted by Crippen LogP contribution is -2.22. The van der Waals surface area contributed by atoms with Crippen LogP contribution in [0.2, 0.25) is 0 Å². The molecule has 0 radical (unpaired) electrons. The fourth-order valence-corrected chi connectivity index (χ4v) is 1.56. The first-order chi connectivity index (χ1) is 7.69. The molecule has 0 fully saturated rings. The van der Waals surface area contributed by atoms with E-state index in [-0.39, 0.29) is 0 Å². The summed E-state index contributed by atoms with van der Waals surface area (Å²) in [4.78, 5) is 4.45. The predicted octanol–water partition coefficient (Wildman–Crippen LogP) is 2.26. The summed E-state index contributed by atoms with van der Waals surface area (Å²) >= 11 is 0. The van der Waals surface area contributed by atoms with Crippen LogP contribution >= 0.6 is 0 Å². The zero-order valence-electron chi connectivity index (χ0n) is 9.96. The third-order valence-electron chi connectivity index (χ3n) is 2.36. The predicted molar refractivity (Wildman–Crippen MR) is 70.0 cm³/mol. The topological polar surface area (TPSA) is 50.4 Å². The number of rotatable bonds is 3. The molecule has 0 aromatic carbocycles. The molecule has 0 aromatic heterocycles. The van der Waals surface area contributed by atoms with Gasteiger partial charge in [-0.2, -0.15) is 0 Å². The summed E-state index contributed by atoms with van der Waals surface area (Å²) in [6, 6.07) is 0. The van der Waals surface area contributed by atoms with Gasteiger partial charge in [0.05, 0.1) is 11.4 Å². The molecule has 0 atom stereocenters. The Kier molecular flexibility index (Phi) is 4.58. The van der Waals surface area contributed by atoms with Gasteiger partial charge < -0.3 is 11.1 Å². The molecule has 0 amide bonds. The minimum Gasteiger partial charge on any atom is -0.385 e. The van der Waals surface area contributed by atoms with Crippen molar-refractivity contribution >= 4 is 5.71 Å². The number of nitrogens with zero attached hydrogens (tertiary/aromatic N) is 1. The van der Waals surface area contributed by atoms with E-state index < -0.39 is 0 Å². The first-order valence-electron chi connectivity index (χ1n) is 5.42. The lowest BCUT2D eigenvalue weighted by molar-refractivity contribution is 0.895. The van der Waals surface area contributed by atoms with Crippen molar-refractivity contribution in [3.63, 3.8) is 0 Å². The van der Waals surface area contributed by atoms with E-state index in [0.717, 1.165) is 29.8 Å². The summed E-state index contributed by atoms with van der Waals surface area (Å²) in [7, 11) is 1.82. The monoisotopic (exact) mass is 217 g/mol. The van der Waals surface area contributed by atoms with E-state index in [9.17, 15) is 0 Å². The van der Waals surface area contributed by atoms with E-state index in [0.29, 0.717) is 5.82 Å². The summed E-state index contributed by atoms with van der Waals surface area (Å²) in [6.07, 6.45) is 9.83. The molecule has 16 heavy (non-hydrogen) atoms. The zero-order valence-corrected chi connectivity index (χ0v) is 9.96. The van der Waals surface area contributed by atoms with Crippen LogP contribution in [0.25, 0.3) is 0 Å². The van der Waals surface area contributed by atoms with Crippen LogP contribution in [0.5, 0.6) is 0 Å². The highest BCUT2D eigenvalue weighted by Crippen LogP contribution is 2.17. The fraction of sp³-hybridized carbons (Fsp3) is 0.308. The van der Waals surface area contributed by atoms with Crippen molar-refractivity contribution in [3.8, 4) is 0 Å². The average molecular weight is 217 g/mol. The lowest BCUT2D eigenvalue weighted by atomic mass is 9.98. The van der Waals surface area contributed by atoms with Gasteiger partial charge in [-0.15, -0.1) is 0 Å². The maximum Gasteiger partial charge on any atom is 0.101 e. The molecule has 0 spiro atoms. The maximum atomic E-state index is 5.89. The van der Waals surface area contributed by atoms with Crippen molar-refractivity contribution in [1.82, 2.24) is 5.32 Å². The van der Waals surface area contributed by atoms with E-state index in [1.807, 2.05) is 32.2 Å². The number of hydrogen-bond donors (Lipinski definition) is 2. The third kappa shape index (κ3) is 3.12. The molecular formula is C13H19N3. The van der Waals surface area contributed by atoms with Crippen molar-refractivity contribution in [2.45, 2.75) is 19.8 Å². The molecule has 1 rings (SSSR count). The van der Waals surface area contributed by atoms with Gasteiger partial charge in [0, 0.05) is 12.6 Å². The van der Waals surface area contributed by atoms with Crippen LogP contribution in [0.3, 0.4) is 0 Å². The minimum absolute atomic E-state index is 0.691. The Morgan fingerprint density at radius 1 is 1.62 bits per heavy atom. The first-order valence-corrected chi connectivity index (χ1v) is 5.42. The number of nitrogens with one attached hydrogen (secondary N) is 1. The molecule has 3 N–H and O–H groups in total. The van der Waals surface area contributed by atoms with E-state index in [1.54, 1.807) is 0 Å². The van der Waals surface area contributed by atoms with Crippen molar-refractivity contribution in [2.24, 2.45) is 10.7 Å². The normalized spacial score (nSPS) is 21.5.